The molecule has 0 aromatic heterocycles. The lowest BCUT2D eigenvalue weighted by atomic mass is 10.0. The maximum absolute atomic E-state index is 12.4. The monoisotopic (exact) mass is 294 g/mol. The zero-order valence-electron chi connectivity index (χ0n) is 11.9. The van der Waals surface area contributed by atoms with Crippen molar-refractivity contribution >= 4 is 11.8 Å². The molecule has 0 saturated carbocycles. The van der Waals surface area contributed by atoms with E-state index in [4.69, 9.17) is 0 Å². The van der Waals surface area contributed by atoms with E-state index in [1.54, 1.807) is 4.90 Å². The second-order valence-electron chi connectivity index (χ2n) is 4.98. The molecule has 1 rings (SSSR count). The van der Waals surface area contributed by atoms with Crippen molar-refractivity contribution < 1.29 is 22.8 Å². The Morgan fingerprint density at radius 1 is 1.00 bits per heavy atom. The van der Waals surface area contributed by atoms with Crippen LogP contribution in [-0.4, -0.2) is 54.0 Å². The van der Waals surface area contributed by atoms with Crippen molar-refractivity contribution in [2.75, 3.05) is 26.2 Å². The second-order valence-corrected chi connectivity index (χ2v) is 4.98. The number of rotatable bonds is 3. The van der Waals surface area contributed by atoms with Gasteiger partial charge < -0.3 is 9.80 Å². The highest BCUT2D eigenvalue weighted by Gasteiger charge is 2.42. The number of hydrogen-bond donors (Lipinski definition) is 0. The highest BCUT2D eigenvalue weighted by atomic mass is 19.4. The first kappa shape index (κ1) is 16.8. The molecule has 0 aromatic carbocycles. The molecule has 1 aliphatic rings. The van der Waals surface area contributed by atoms with Crippen LogP contribution < -0.4 is 0 Å². The lowest BCUT2D eigenvalue weighted by molar-refractivity contribution is -0.185. The van der Waals surface area contributed by atoms with Crippen molar-refractivity contribution in [3.05, 3.63) is 0 Å². The average Bonchev–Trinajstić information content (AvgIpc) is 2.63. The third kappa shape index (κ3) is 4.11. The third-order valence-electron chi connectivity index (χ3n) is 3.67. The highest BCUT2D eigenvalue weighted by Crippen LogP contribution is 2.20. The van der Waals surface area contributed by atoms with Gasteiger partial charge in [0.05, 0.1) is 0 Å². The van der Waals surface area contributed by atoms with Crippen molar-refractivity contribution in [3.8, 4) is 0 Å². The van der Waals surface area contributed by atoms with E-state index in [-0.39, 0.29) is 31.5 Å². The summed E-state index contributed by atoms with van der Waals surface area (Å²) in [5.74, 6) is -1.91. The first-order valence-electron chi connectivity index (χ1n) is 6.96. The van der Waals surface area contributed by atoms with Crippen molar-refractivity contribution in [3.63, 3.8) is 0 Å². The van der Waals surface area contributed by atoms with Crippen molar-refractivity contribution in [2.45, 2.75) is 39.3 Å². The second kappa shape index (κ2) is 6.95. The molecule has 0 unspecified atom stereocenters. The van der Waals surface area contributed by atoms with Crippen LogP contribution in [0.2, 0.25) is 0 Å². The number of nitrogens with zero attached hydrogens (tertiary/aromatic N) is 2. The normalized spacial score (nSPS) is 17.3. The molecule has 1 aliphatic heterocycles. The van der Waals surface area contributed by atoms with Crippen LogP contribution in [0, 0.1) is 5.92 Å². The Morgan fingerprint density at radius 3 is 2.00 bits per heavy atom. The Morgan fingerprint density at radius 2 is 1.50 bits per heavy atom. The zero-order valence-corrected chi connectivity index (χ0v) is 11.9. The largest absolute Gasteiger partial charge is 0.471 e. The van der Waals surface area contributed by atoms with E-state index in [0.717, 1.165) is 17.7 Å². The van der Waals surface area contributed by atoms with Gasteiger partial charge >= 0.3 is 12.1 Å². The summed E-state index contributed by atoms with van der Waals surface area (Å²) in [6.07, 6.45) is -3.02. The first-order chi connectivity index (χ1) is 9.31. The van der Waals surface area contributed by atoms with Crippen LogP contribution in [0.5, 0.6) is 0 Å². The van der Waals surface area contributed by atoms with Gasteiger partial charge in [-0.1, -0.05) is 13.8 Å². The summed E-state index contributed by atoms with van der Waals surface area (Å²) >= 11 is 0. The molecule has 0 atom stereocenters. The minimum absolute atomic E-state index is 0.0173. The molecule has 2 amide bonds. The molecular weight excluding hydrogens is 273 g/mol. The Balaban J connectivity index is 2.64. The maximum atomic E-state index is 12.4. The molecule has 0 N–H and O–H groups in total. The summed E-state index contributed by atoms with van der Waals surface area (Å²) in [6, 6.07) is 0. The predicted molar refractivity (Wildman–Crippen MR) is 67.9 cm³/mol. The summed E-state index contributed by atoms with van der Waals surface area (Å²) in [5.41, 5.74) is 0. The van der Waals surface area contributed by atoms with Gasteiger partial charge in [-0.05, 0) is 19.3 Å². The average molecular weight is 294 g/mol. The summed E-state index contributed by atoms with van der Waals surface area (Å²) in [5, 5.41) is 0. The van der Waals surface area contributed by atoms with Gasteiger partial charge in [0.2, 0.25) is 5.91 Å². The standard InChI is InChI=1S/C13H21F3N2O2/c1-3-10(4-2)11(19)17-6-5-7-18(9-8-17)12(20)13(14,15)16/h10H,3-9H2,1-2H3. The van der Waals surface area contributed by atoms with Gasteiger partial charge in [0.15, 0.2) is 0 Å². The first-order valence-corrected chi connectivity index (χ1v) is 6.96. The Bertz CT molecular complexity index is 354. The van der Waals surface area contributed by atoms with Crippen LogP contribution >= 0.6 is 0 Å². The van der Waals surface area contributed by atoms with E-state index in [1.807, 2.05) is 13.8 Å². The molecule has 1 fully saturated rings. The smallest absolute Gasteiger partial charge is 0.341 e. The summed E-state index contributed by atoms with van der Waals surface area (Å²) in [4.78, 5) is 25.8. The topological polar surface area (TPSA) is 40.6 Å². The molecule has 7 heteroatoms. The zero-order chi connectivity index (χ0) is 15.3. The number of alkyl halides is 3. The SMILES string of the molecule is CCC(CC)C(=O)N1CCCN(C(=O)C(F)(F)F)CC1. The van der Waals surface area contributed by atoms with Gasteiger partial charge in [-0.25, -0.2) is 0 Å². The van der Waals surface area contributed by atoms with E-state index in [1.165, 1.54) is 0 Å². The molecule has 0 radical (unpaired) electrons. The van der Waals surface area contributed by atoms with Gasteiger partial charge in [-0.3, -0.25) is 9.59 Å². The number of hydrogen-bond acceptors (Lipinski definition) is 2. The summed E-state index contributed by atoms with van der Waals surface area (Å²) in [7, 11) is 0. The van der Waals surface area contributed by atoms with Crippen molar-refractivity contribution in [2.24, 2.45) is 5.92 Å². The minimum Gasteiger partial charge on any atom is -0.341 e. The van der Waals surface area contributed by atoms with Crippen molar-refractivity contribution in [1.82, 2.24) is 9.80 Å². The molecule has 1 heterocycles. The lowest BCUT2D eigenvalue weighted by Gasteiger charge is -2.25. The third-order valence-corrected chi connectivity index (χ3v) is 3.67. The molecule has 0 aromatic rings. The van der Waals surface area contributed by atoms with Gasteiger partial charge in [-0.2, -0.15) is 13.2 Å². The maximum Gasteiger partial charge on any atom is 0.471 e. The Kier molecular flexibility index (Phi) is 5.83. The number of amides is 2. The van der Waals surface area contributed by atoms with Gasteiger partial charge in [0.25, 0.3) is 0 Å². The molecule has 1 saturated heterocycles. The van der Waals surface area contributed by atoms with Crippen molar-refractivity contribution in [1.29, 1.82) is 0 Å². The van der Waals surface area contributed by atoms with E-state index in [9.17, 15) is 22.8 Å². The molecule has 0 spiro atoms. The summed E-state index contributed by atoms with van der Waals surface area (Å²) in [6.45, 7) is 4.43. The highest BCUT2D eigenvalue weighted by molar-refractivity contribution is 5.82. The van der Waals surface area contributed by atoms with Crippen LogP contribution in [-0.2, 0) is 9.59 Å². The molecule has 20 heavy (non-hydrogen) atoms. The van der Waals surface area contributed by atoms with Crippen LogP contribution in [0.15, 0.2) is 0 Å². The minimum atomic E-state index is -4.84. The van der Waals surface area contributed by atoms with Gasteiger partial charge in [-0.15, -0.1) is 0 Å². The molecule has 116 valence electrons. The van der Waals surface area contributed by atoms with E-state index >= 15 is 0 Å². The van der Waals surface area contributed by atoms with Gasteiger partial charge in [0.1, 0.15) is 0 Å². The van der Waals surface area contributed by atoms with Crippen LogP contribution in [0.4, 0.5) is 13.2 Å². The van der Waals surface area contributed by atoms with Crippen LogP contribution in [0.1, 0.15) is 33.1 Å². The lowest BCUT2D eigenvalue weighted by Crippen LogP contribution is -2.44. The molecule has 0 aliphatic carbocycles. The number of carbonyl (C=O) groups excluding carboxylic acids is 2. The van der Waals surface area contributed by atoms with Crippen LogP contribution in [0.3, 0.4) is 0 Å². The van der Waals surface area contributed by atoms with E-state index in [0.29, 0.717) is 13.0 Å². The van der Waals surface area contributed by atoms with E-state index in [2.05, 4.69) is 0 Å². The predicted octanol–water partition coefficient (Wildman–Crippen LogP) is 2.05. The Hall–Kier alpha value is -1.27. The molecule has 0 bridgehead atoms. The molecule has 4 nitrogen and oxygen atoms in total. The Labute approximate surface area is 116 Å². The quantitative estimate of drug-likeness (QED) is 0.799. The fraction of sp³-hybridized carbons (Fsp3) is 0.846. The fourth-order valence-corrected chi connectivity index (χ4v) is 2.42. The molecular formula is C13H21F3N2O2. The fourth-order valence-electron chi connectivity index (χ4n) is 2.42. The van der Waals surface area contributed by atoms with E-state index < -0.39 is 12.1 Å². The van der Waals surface area contributed by atoms with Gasteiger partial charge in [0, 0.05) is 32.1 Å². The van der Waals surface area contributed by atoms with Crippen LogP contribution in [0.25, 0.3) is 0 Å². The number of halogens is 3. The summed E-state index contributed by atoms with van der Waals surface area (Å²) < 4.78 is 37.2. The number of carbonyl (C=O) groups is 2.